The van der Waals surface area contributed by atoms with Crippen LogP contribution in [0.5, 0.6) is 0 Å². The highest BCUT2D eigenvalue weighted by Gasteiger charge is 2.57. The van der Waals surface area contributed by atoms with Crippen LogP contribution in [-0.4, -0.2) is 73.6 Å². The fraction of sp³-hybridized carbons (Fsp3) is 0.577. The monoisotopic (exact) mass is 569 g/mol. The molecule has 3 aliphatic rings. The fourth-order valence-corrected chi connectivity index (χ4v) is 5.71. The van der Waals surface area contributed by atoms with Gasteiger partial charge in [0.15, 0.2) is 0 Å². The molecule has 0 radical (unpaired) electrons. The van der Waals surface area contributed by atoms with Crippen molar-refractivity contribution in [2.75, 3.05) is 29.9 Å². The van der Waals surface area contributed by atoms with E-state index in [0.717, 1.165) is 0 Å². The lowest BCUT2D eigenvalue weighted by molar-refractivity contribution is -0.180. The van der Waals surface area contributed by atoms with E-state index in [0.29, 0.717) is 40.8 Å². The molecule has 1 spiro atoms. The molecule has 0 unspecified atom stereocenters. The van der Waals surface area contributed by atoms with Crippen molar-refractivity contribution in [3.05, 3.63) is 24.7 Å². The molecule has 40 heavy (non-hydrogen) atoms. The van der Waals surface area contributed by atoms with Crippen molar-refractivity contribution >= 4 is 28.3 Å². The molecule has 8 nitrogen and oxygen atoms in total. The van der Waals surface area contributed by atoms with Gasteiger partial charge in [-0.1, -0.05) is 0 Å². The zero-order valence-corrected chi connectivity index (χ0v) is 22.0. The molecule has 2 saturated heterocycles. The first kappa shape index (κ1) is 26.8. The Hall–Kier alpha value is -3.45. The standard InChI is InChI=1S/C26H29F6N7O/c1-23(2,27)13-38-12-20(37-10-15(11-37)26(30,31)32)16-8-33-17(7-19(16)38)21-18(9-34-36-21)35-22(40)39-14-25(28,29)6-5-24(39)3-4-24/h7-9,12,15H,3-6,10-11,13-14H2,1-2H3,(H,34,36)(H,35,40). The molecular weight excluding hydrogens is 540 g/mol. The van der Waals surface area contributed by atoms with Crippen molar-refractivity contribution in [1.82, 2.24) is 24.6 Å². The Kier molecular flexibility index (Phi) is 5.87. The van der Waals surface area contributed by atoms with E-state index in [9.17, 15) is 31.1 Å². The summed E-state index contributed by atoms with van der Waals surface area (Å²) in [7, 11) is 0. The molecule has 1 aliphatic carbocycles. The summed E-state index contributed by atoms with van der Waals surface area (Å²) in [4.78, 5) is 20.4. The second-order valence-electron chi connectivity index (χ2n) is 11.8. The molecular formula is C26H29F6N7O. The fourth-order valence-electron chi connectivity index (χ4n) is 5.71. The Labute approximate surface area is 225 Å². The summed E-state index contributed by atoms with van der Waals surface area (Å²) < 4.78 is 83.9. The van der Waals surface area contributed by atoms with Gasteiger partial charge in [-0.3, -0.25) is 10.1 Å². The van der Waals surface area contributed by atoms with Crippen LogP contribution in [0.4, 0.5) is 42.5 Å². The third kappa shape index (κ3) is 4.85. The maximum atomic E-state index is 14.7. The molecule has 0 bridgehead atoms. The van der Waals surface area contributed by atoms with Gasteiger partial charge in [0.2, 0.25) is 0 Å². The van der Waals surface area contributed by atoms with E-state index < -0.39 is 41.8 Å². The van der Waals surface area contributed by atoms with E-state index in [-0.39, 0.29) is 38.2 Å². The number of carbonyl (C=O) groups excluding carboxylic acids is 1. The number of nitrogens with one attached hydrogen (secondary N) is 2. The van der Waals surface area contributed by atoms with E-state index in [1.54, 1.807) is 21.7 Å². The number of piperidine rings is 1. The molecule has 216 valence electrons. The number of halogens is 6. The molecule has 2 amide bonds. The highest BCUT2D eigenvalue weighted by Crippen LogP contribution is 2.51. The number of aromatic amines is 1. The Morgan fingerprint density at radius 1 is 1.12 bits per heavy atom. The highest BCUT2D eigenvalue weighted by atomic mass is 19.4. The van der Waals surface area contributed by atoms with Gasteiger partial charge in [0.25, 0.3) is 5.92 Å². The SMILES string of the molecule is CC(C)(F)Cn1cc(N2CC(C(F)(F)F)C2)c2cnc(-c3[nH]ncc3NC(=O)N3CC(F)(F)CCC34CC4)cc21. The topological polar surface area (TPSA) is 82.1 Å². The number of pyridine rings is 1. The molecule has 5 heterocycles. The molecule has 6 rings (SSSR count). The summed E-state index contributed by atoms with van der Waals surface area (Å²) >= 11 is 0. The largest absolute Gasteiger partial charge is 0.395 e. The van der Waals surface area contributed by atoms with Gasteiger partial charge in [-0.2, -0.15) is 18.3 Å². The lowest BCUT2D eigenvalue weighted by Gasteiger charge is -2.41. The first-order valence-corrected chi connectivity index (χ1v) is 13.1. The van der Waals surface area contributed by atoms with Gasteiger partial charge in [-0.15, -0.1) is 0 Å². The number of hydrogen-bond acceptors (Lipinski definition) is 4. The number of rotatable bonds is 5. The number of H-pyrrole nitrogens is 1. The van der Waals surface area contributed by atoms with Gasteiger partial charge >= 0.3 is 12.2 Å². The summed E-state index contributed by atoms with van der Waals surface area (Å²) in [6.45, 7) is 1.71. The van der Waals surface area contributed by atoms with Crippen LogP contribution in [0.15, 0.2) is 24.7 Å². The molecule has 1 saturated carbocycles. The minimum atomic E-state index is -4.29. The number of aromatic nitrogens is 4. The summed E-state index contributed by atoms with van der Waals surface area (Å²) in [5, 5.41) is 10.0. The Morgan fingerprint density at radius 2 is 1.82 bits per heavy atom. The first-order chi connectivity index (χ1) is 18.6. The van der Waals surface area contributed by atoms with Crippen molar-refractivity contribution in [2.45, 2.75) is 69.4 Å². The zero-order chi connectivity index (χ0) is 28.7. The number of carbonyl (C=O) groups is 1. The second kappa shape index (κ2) is 8.77. The Bertz CT molecular complexity index is 1450. The maximum Gasteiger partial charge on any atom is 0.395 e. The summed E-state index contributed by atoms with van der Waals surface area (Å²) in [5.74, 6) is -4.39. The molecule has 2 aliphatic heterocycles. The van der Waals surface area contributed by atoms with E-state index >= 15 is 0 Å². The zero-order valence-electron chi connectivity index (χ0n) is 22.0. The van der Waals surface area contributed by atoms with Gasteiger partial charge in [-0.05, 0) is 39.2 Å². The molecule has 14 heteroatoms. The van der Waals surface area contributed by atoms with Crippen molar-refractivity contribution < 1.29 is 31.1 Å². The minimum Gasteiger partial charge on any atom is -0.368 e. The minimum absolute atomic E-state index is 0.0542. The molecule has 3 fully saturated rings. The maximum absolute atomic E-state index is 14.7. The van der Waals surface area contributed by atoms with Crippen LogP contribution in [0, 0.1) is 5.92 Å². The number of fused-ring (bicyclic) bond motifs is 1. The quantitative estimate of drug-likeness (QED) is 0.371. The predicted octanol–water partition coefficient (Wildman–Crippen LogP) is 5.97. The van der Waals surface area contributed by atoms with E-state index in [4.69, 9.17) is 0 Å². The van der Waals surface area contributed by atoms with Crippen LogP contribution in [-0.2, 0) is 6.54 Å². The number of likely N-dealkylation sites (tertiary alicyclic amines) is 1. The average molecular weight is 570 g/mol. The summed E-state index contributed by atoms with van der Waals surface area (Å²) in [6.07, 6.45) is 1.55. The van der Waals surface area contributed by atoms with Crippen molar-refractivity contribution in [3.63, 3.8) is 0 Å². The average Bonchev–Trinajstić information content (AvgIpc) is 3.31. The number of anilines is 2. The first-order valence-electron chi connectivity index (χ1n) is 13.1. The Balaban J connectivity index is 1.30. The van der Waals surface area contributed by atoms with Gasteiger partial charge < -0.3 is 19.7 Å². The normalized spacial score (nSPS) is 20.7. The van der Waals surface area contributed by atoms with Crippen molar-refractivity contribution in [1.29, 1.82) is 0 Å². The third-order valence-corrected chi connectivity index (χ3v) is 8.10. The molecule has 3 aromatic rings. The van der Waals surface area contributed by atoms with Crippen LogP contribution in [0.25, 0.3) is 22.3 Å². The van der Waals surface area contributed by atoms with Gasteiger partial charge in [0.05, 0.1) is 47.8 Å². The number of amides is 2. The van der Waals surface area contributed by atoms with E-state index in [1.807, 2.05) is 0 Å². The van der Waals surface area contributed by atoms with Crippen LogP contribution < -0.4 is 10.2 Å². The van der Waals surface area contributed by atoms with E-state index in [1.165, 1.54) is 31.1 Å². The Morgan fingerprint density at radius 3 is 2.48 bits per heavy atom. The lowest BCUT2D eigenvalue weighted by atomic mass is 9.97. The number of nitrogens with zero attached hydrogens (tertiary/aromatic N) is 5. The van der Waals surface area contributed by atoms with Crippen LogP contribution in [0.2, 0.25) is 0 Å². The van der Waals surface area contributed by atoms with Crippen LogP contribution in [0.1, 0.15) is 39.5 Å². The van der Waals surface area contributed by atoms with Crippen molar-refractivity contribution in [2.24, 2.45) is 5.92 Å². The smallest absolute Gasteiger partial charge is 0.368 e. The van der Waals surface area contributed by atoms with Gasteiger partial charge in [0, 0.05) is 42.8 Å². The van der Waals surface area contributed by atoms with Crippen LogP contribution in [0.3, 0.4) is 0 Å². The van der Waals surface area contributed by atoms with Crippen LogP contribution >= 0.6 is 0 Å². The molecule has 0 aromatic carbocycles. The van der Waals surface area contributed by atoms with Crippen molar-refractivity contribution in [3.8, 4) is 11.4 Å². The molecule has 3 aromatic heterocycles. The third-order valence-electron chi connectivity index (χ3n) is 8.10. The molecule has 2 N–H and O–H groups in total. The summed E-state index contributed by atoms with van der Waals surface area (Å²) in [5.41, 5.74) is -0.188. The summed E-state index contributed by atoms with van der Waals surface area (Å²) in [6, 6.07) is 0.995. The number of alkyl halides is 6. The van der Waals surface area contributed by atoms with Gasteiger partial charge in [-0.25, -0.2) is 18.0 Å². The highest BCUT2D eigenvalue weighted by molar-refractivity contribution is 5.97. The lowest BCUT2D eigenvalue weighted by Crippen LogP contribution is -2.54. The van der Waals surface area contributed by atoms with E-state index in [2.05, 4.69) is 20.5 Å². The predicted molar refractivity (Wildman–Crippen MR) is 136 cm³/mol. The van der Waals surface area contributed by atoms with Gasteiger partial charge in [0.1, 0.15) is 11.4 Å². The number of urea groups is 1. The second-order valence-corrected chi connectivity index (χ2v) is 11.8. The number of hydrogen-bond donors (Lipinski definition) is 2. The molecule has 0 atom stereocenters.